The Bertz CT molecular complexity index is 1420. The van der Waals surface area contributed by atoms with Crippen LogP contribution in [0.4, 0.5) is 5.69 Å². The van der Waals surface area contributed by atoms with Crippen LogP contribution in [-0.2, 0) is 14.5 Å². The van der Waals surface area contributed by atoms with Crippen molar-refractivity contribution >= 4 is 39.9 Å². The first kappa shape index (κ1) is 18.2. The SMILES string of the molecule is O=C1[C@@H]2C3c4ccccc4C(Cl)(c4ccccc43)[C@H]2C(=O)N1c1cccc2ccccc12. The Morgan fingerprint density at radius 1 is 0.688 bits per heavy atom. The molecule has 0 N–H and O–H groups in total. The van der Waals surface area contributed by atoms with Crippen LogP contribution in [0.3, 0.4) is 0 Å². The molecule has 8 rings (SSSR count). The second-order valence-corrected chi connectivity index (χ2v) is 9.47. The molecule has 1 saturated heterocycles. The van der Waals surface area contributed by atoms with E-state index in [0.717, 1.165) is 33.0 Å². The van der Waals surface area contributed by atoms with Crippen LogP contribution in [0.15, 0.2) is 91.0 Å². The maximum Gasteiger partial charge on any atom is 0.240 e. The number of imide groups is 1. The highest BCUT2D eigenvalue weighted by Gasteiger charge is 2.68. The second-order valence-electron chi connectivity index (χ2n) is 8.88. The number of carbonyl (C=O) groups excluding carboxylic acids is 2. The molecule has 3 aliphatic carbocycles. The van der Waals surface area contributed by atoms with Crippen molar-refractivity contribution in [1.29, 1.82) is 0 Å². The van der Waals surface area contributed by atoms with Gasteiger partial charge in [0.1, 0.15) is 4.87 Å². The quantitative estimate of drug-likeness (QED) is 0.289. The number of alkyl halides is 1. The van der Waals surface area contributed by atoms with Gasteiger partial charge in [-0.05, 0) is 33.7 Å². The van der Waals surface area contributed by atoms with Gasteiger partial charge in [-0.15, -0.1) is 11.6 Å². The van der Waals surface area contributed by atoms with Gasteiger partial charge in [-0.1, -0.05) is 84.9 Å². The average Bonchev–Trinajstić information content (AvgIpc) is 3.10. The molecule has 1 heterocycles. The molecule has 2 atom stereocenters. The van der Waals surface area contributed by atoms with Gasteiger partial charge >= 0.3 is 0 Å². The van der Waals surface area contributed by atoms with Crippen molar-refractivity contribution in [2.24, 2.45) is 11.8 Å². The first-order chi connectivity index (χ1) is 15.6. The van der Waals surface area contributed by atoms with E-state index in [2.05, 4.69) is 12.1 Å². The summed E-state index contributed by atoms with van der Waals surface area (Å²) >= 11 is 7.49. The Kier molecular flexibility index (Phi) is 3.45. The van der Waals surface area contributed by atoms with Crippen molar-refractivity contribution in [3.05, 3.63) is 113 Å². The van der Waals surface area contributed by atoms with Gasteiger partial charge in [-0.2, -0.15) is 0 Å². The van der Waals surface area contributed by atoms with Crippen LogP contribution in [0.5, 0.6) is 0 Å². The van der Waals surface area contributed by atoms with E-state index in [1.165, 1.54) is 4.90 Å². The standard InChI is InChI=1S/C28H18ClNO2/c29-28-20-13-5-3-11-18(20)23(19-12-4-6-14-21(19)28)24-25(28)27(32)30(26(24)31)22-15-7-9-16-8-1-2-10-17(16)22/h1-15,23-25H/t23?,24-,25-,28?/m1/s1. The van der Waals surface area contributed by atoms with Crippen LogP contribution in [0.2, 0.25) is 0 Å². The van der Waals surface area contributed by atoms with Gasteiger partial charge in [-0.3, -0.25) is 9.59 Å². The van der Waals surface area contributed by atoms with E-state index in [1.54, 1.807) is 0 Å². The summed E-state index contributed by atoms with van der Waals surface area (Å²) in [6, 6.07) is 29.6. The zero-order valence-corrected chi connectivity index (χ0v) is 17.8. The van der Waals surface area contributed by atoms with E-state index in [-0.39, 0.29) is 17.7 Å². The molecule has 0 unspecified atom stereocenters. The van der Waals surface area contributed by atoms with E-state index in [0.29, 0.717) is 5.69 Å². The molecule has 3 nitrogen and oxygen atoms in total. The van der Waals surface area contributed by atoms with Crippen LogP contribution in [-0.4, -0.2) is 11.8 Å². The van der Waals surface area contributed by atoms with Gasteiger partial charge < -0.3 is 0 Å². The van der Waals surface area contributed by atoms with Crippen molar-refractivity contribution in [3.63, 3.8) is 0 Å². The topological polar surface area (TPSA) is 37.4 Å². The minimum Gasteiger partial charge on any atom is -0.274 e. The lowest BCUT2D eigenvalue weighted by molar-refractivity contribution is -0.122. The summed E-state index contributed by atoms with van der Waals surface area (Å²) in [7, 11) is 0. The third-order valence-electron chi connectivity index (χ3n) is 7.52. The highest BCUT2D eigenvalue weighted by molar-refractivity contribution is 6.34. The third kappa shape index (κ3) is 1.98. The lowest BCUT2D eigenvalue weighted by Gasteiger charge is -2.50. The minimum atomic E-state index is -1.06. The molecule has 1 fully saturated rings. The Labute approximate surface area is 190 Å². The molecule has 32 heavy (non-hydrogen) atoms. The number of fused-ring (bicyclic) bond motifs is 1. The number of nitrogens with zero attached hydrogens (tertiary/aromatic N) is 1. The van der Waals surface area contributed by atoms with Crippen molar-refractivity contribution in [1.82, 2.24) is 0 Å². The van der Waals surface area contributed by atoms with Crippen LogP contribution in [0, 0.1) is 11.8 Å². The molecule has 0 aromatic heterocycles. The molecule has 4 aromatic carbocycles. The predicted octanol–water partition coefficient (Wildman–Crippen LogP) is 5.59. The van der Waals surface area contributed by atoms with Gasteiger partial charge in [0.25, 0.3) is 0 Å². The highest BCUT2D eigenvalue weighted by Crippen LogP contribution is 2.66. The summed E-state index contributed by atoms with van der Waals surface area (Å²) in [5.41, 5.74) is 4.66. The van der Waals surface area contributed by atoms with Gasteiger partial charge in [0.2, 0.25) is 11.8 Å². The normalized spacial score (nSPS) is 27.4. The number of rotatable bonds is 1. The average molecular weight is 436 g/mol. The fraction of sp³-hybridized carbons (Fsp3) is 0.143. The van der Waals surface area contributed by atoms with Crippen molar-refractivity contribution in [2.75, 3.05) is 4.90 Å². The molecule has 0 radical (unpaired) electrons. The third-order valence-corrected chi connectivity index (χ3v) is 8.16. The largest absolute Gasteiger partial charge is 0.274 e. The van der Waals surface area contributed by atoms with Gasteiger partial charge in [-0.25, -0.2) is 4.90 Å². The molecule has 2 amide bonds. The van der Waals surface area contributed by atoms with E-state index in [1.807, 2.05) is 78.9 Å². The zero-order valence-electron chi connectivity index (χ0n) is 17.0. The number of hydrogen-bond donors (Lipinski definition) is 0. The second kappa shape index (κ2) is 6.08. The Balaban J connectivity index is 1.50. The van der Waals surface area contributed by atoms with Gasteiger partial charge in [0, 0.05) is 11.3 Å². The first-order valence-electron chi connectivity index (χ1n) is 10.9. The molecule has 4 heteroatoms. The van der Waals surface area contributed by atoms with Crippen molar-refractivity contribution in [2.45, 2.75) is 10.8 Å². The fourth-order valence-electron chi connectivity index (χ4n) is 6.32. The van der Waals surface area contributed by atoms with Crippen LogP contribution >= 0.6 is 11.6 Å². The van der Waals surface area contributed by atoms with Crippen LogP contribution < -0.4 is 4.90 Å². The summed E-state index contributed by atoms with van der Waals surface area (Å²) < 4.78 is 0. The molecule has 4 aliphatic rings. The maximum atomic E-state index is 14.0. The molecule has 1 aliphatic heterocycles. The van der Waals surface area contributed by atoms with Crippen LogP contribution in [0.1, 0.15) is 28.2 Å². The number of amides is 2. The van der Waals surface area contributed by atoms with Crippen molar-refractivity contribution in [3.8, 4) is 0 Å². The Morgan fingerprint density at radius 2 is 1.28 bits per heavy atom. The van der Waals surface area contributed by atoms with Gasteiger partial charge in [0.05, 0.1) is 17.5 Å². The van der Waals surface area contributed by atoms with Gasteiger partial charge in [0.15, 0.2) is 0 Å². The fourth-order valence-corrected chi connectivity index (χ4v) is 6.89. The lowest BCUT2D eigenvalue weighted by atomic mass is 9.54. The number of benzene rings is 4. The molecule has 4 aromatic rings. The smallest absolute Gasteiger partial charge is 0.240 e. The van der Waals surface area contributed by atoms with E-state index < -0.39 is 16.7 Å². The maximum absolute atomic E-state index is 14.0. The number of halogens is 1. The monoisotopic (exact) mass is 435 g/mol. The number of carbonyl (C=O) groups is 2. The summed E-state index contributed by atoms with van der Waals surface area (Å²) in [5, 5.41) is 1.89. The number of hydrogen-bond acceptors (Lipinski definition) is 2. The van der Waals surface area contributed by atoms with Crippen molar-refractivity contribution < 1.29 is 9.59 Å². The van der Waals surface area contributed by atoms with E-state index in [4.69, 9.17) is 11.6 Å². The van der Waals surface area contributed by atoms with Crippen LogP contribution in [0.25, 0.3) is 10.8 Å². The minimum absolute atomic E-state index is 0.157. The Hall–Kier alpha value is -3.43. The summed E-state index contributed by atoms with van der Waals surface area (Å²) in [5.74, 6) is -1.69. The Morgan fingerprint density at radius 3 is 2.00 bits per heavy atom. The first-order valence-corrected chi connectivity index (χ1v) is 11.2. The molecule has 0 saturated carbocycles. The summed E-state index contributed by atoms with van der Waals surface area (Å²) in [6.07, 6.45) is 0. The molecular weight excluding hydrogens is 418 g/mol. The highest BCUT2D eigenvalue weighted by atomic mass is 35.5. The zero-order chi connectivity index (χ0) is 21.6. The molecular formula is C28H18ClNO2. The molecule has 2 bridgehead atoms. The molecule has 0 spiro atoms. The predicted molar refractivity (Wildman–Crippen MR) is 125 cm³/mol. The van der Waals surface area contributed by atoms with E-state index in [9.17, 15) is 9.59 Å². The summed E-state index contributed by atoms with van der Waals surface area (Å²) in [4.78, 5) is 28.4. The lowest BCUT2D eigenvalue weighted by Crippen LogP contribution is -2.50. The summed E-state index contributed by atoms with van der Waals surface area (Å²) in [6.45, 7) is 0. The van der Waals surface area contributed by atoms with E-state index >= 15 is 0 Å². The molecule has 154 valence electrons. The number of anilines is 1.